The molecule has 0 fully saturated rings. The van der Waals surface area contributed by atoms with Gasteiger partial charge in [-0.25, -0.2) is 4.21 Å². The van der Waals surface area contributed by atoms with Crippen molar-refractivity contribution in [2.45, 2.75) is 58.8 Å². The molecule has 2 N–H and O–H groups in total. The van der Waals surface area contributed by atoms with Crippen molar-refractivity contribution in [3.63, 3.8) is 0 Å². The first-order chi connectivity index (χ1) is 19.5. The molecule has 0 bridgehead atoms. The van der Waals surface area contributed by atoms with Crippen molar-refractivity contribution in [1.82, 2.24) is 5.48 Å². The number of aryl methyl sites for hydroxylation is 1. The highest BCUT2D eigenvalue weighted by Crippen LogP contribution is 2.25. The summed E-state index contributed by atoms with van der Waals surface area (Å²) >= 11 is 4.24. The lowest BCUT2D eigenvalue weighted by atomic mass is 10.1. The van der Waals surface area contributed by atoms with E-state index >= 15 is 0 Å². The molecule has 2 aromatic rings. The van der Waals surface area contributed by atoms with Gasteiger partial charge >= 0.3 is 11.9 Å². The van der Waals surface area contributed by atoms with E-state index in [0.29, 0.717) is 24.5 Å². The van der Waals surface area contributed by atoms with Crippen molar-refractivity contribution < 1.29 is 37.1 Å². The molecule has 0 radical (unpaired) electrons. The summed E-state index contributed by atoms with van der Waals surface area (Å²) in [5.74, 6) is -0.512. The fraction of sp³-hybridized carbons (Fsp3) is 0.483. The molecule has 12 heteroatoms. The van der Waals surface area contributed by atoms with Crippen molar-refractivity contribution in [3.05, 3.63) is 53.1 Å². The van der Waals surface area contributed by atoms with Crippen molar-refractivity contribution in [1.29, 1.82) is 0 Å². The third kappa shape index (κ3) is 14.5. The fourth-order valence-corrected chi connectivity index (χ4v) is 3.70. The molecular formula is C29H41ClN2O8S. The van der Waals surface area contributed by atoms with Crippen molar-refractivity contribution >= 4 is 46.2 Å². The Labute approximate surface area is 250 Å². The van der Waals surface area contributed by atoms with E-state index in [2.05, 4.69) is 10.8 Å². The van der Waals surface area contributed by atoms with Crippen LogP contribution < -0.4 is 15.5 Å². The van der Waals surface area contributed by atoms with Gasteiger partial charge in [-0.2, -0.15) is 9.76 Å². The number of anilines is 1. The number of carbonyl (C=O) groups excluding carboxylic acids is 3. The summed E-state index contributed by atoms with van der Waals surface area (Å²) in [5.41, 5.74) is 3.74. The van der Waals surface area contributed by atoms with Crippen LogP contribution in [0.1, 0.15) is 52.5 Å². The number of benzene rings is 2. The normalized spacial score (nSPS) is 12.7. The van der Waals surface area contributed by atoms with Gasteiger partial charge in [0.1, 0.15) is 5.75 Å². The number of halogens is 1. The van der Waals surface area contributed by atoms with Crippen LogP contribution in [0.5, 0.6) is 5.75 Å². The van der Waals surface area contributed by atoms with Gasteiger partial charge in [-0.3, -0.25) is 14.4 Å². The van der Waals surface area contributed by atoms with Crippen LogP contribution >= 0.6 is 11.6 Å². The molecule has 0 saturated heterocycles. The van der Waals surface area contributed by atoms with Gasteiger partial charge in [-0.05, 0) is 55.7 Å². The maximum atomic E-state index is 11.8. The van der Waals surface area contributed by atoms with Gasteiger partial charge in [0.05, 0.1) is 40.7 Å². The number of ether oxygens (including phenoxy) is 3. The Kier molecular flexibility index (Phi) is 17.6. The Morgan fingerprint density at radius 2 is 1.61 bits per heavy atom. The second-order valence-electron chi connectivity index (χ2n) is 9.12. The summed E-state index contributed by atoms with van der Waals surface area (Å²) in [7, 11) is 1.47. The van der Waals surface area contributed by atoms with E-state index in [1.165, 1.54) is 30.8 Å². The molecule has 228 valence electrons. The van der Waals surface area contributed by atoms with Crippen LogP contribution in [-0.2, 0) is 39.2 Å². The number of esters is 2. The standard InChI is InChI=1S/C15H22O3.C14H19ClN2O5S/c1-4-13(3)15(16)18-10-6-9-17-14-8-5-7-12(2)11-14;1-4-9(2)14(19)21-8-13(18)17-12-7-10(5-6-11(12)15)23(20)22-16-3/h5,7-8,11,13H,4,6,9-10H2,1-3H3;5-7,9,16H,4,8H2,1-3H3,(H,17,18). The molecule has 0 aliphatic carbocycles. The minimum absolute atomic E-state index is 0.0114. The number of carbonyl (C=O) groups is 3. The SMILES string of the molecule is CCC(C)C(=O)OCC(=O)Nc1cc(S(=O)ONC)ccc1Cl.CCC(C)C(=O)OCCCOc1cccc(C)c1. The number of hydrogen-bond donors (Lipinski definition) is 2. The second-order valence-corrected chi connectivity index (χ2v) is 10.6. The van der Waals surface area contributed by atoms with Gasteiger partial charge in [-0.15, -0.1) is 0 Å². The number of amides is 1. The first-order valence-electron chi connectivity index (χ1n) is 13.4. The summed E-state index contributed by atoms with van der Waals surface area (Å²) in [6, 6.07) is 12.3. The highest BCUT2D eigenvalue weighted by Gasteiger charge is 2.16. The average Bonchev–Trinajstić information content (AvgIpc) is 2.96. The monoisotopic (exact) mass is 612 g/mol. The molecule has 10 nitrogen and oxygen atoms in total. The van der Waals surface area contributed by atoms with E-state index in [9.17, 15) is 18.6 Å². The van der Waals surface area contributed by atoms with Crippen LogP contribution in [0.15, 0.2) is 47.4 Å². The largest absolute Gasteiger partial charge is 0.493 e. The van der Waals surface area contributed by atoms with Crippen LogP contribution in [0.3, 0.4) is 0 Å². The van der Waals surface area contributed by atoms with Crippen LogP contribution in [0.4, 0.5) is 5.69 Å². The third-order valence-corrected chi connectivity index (χ3v) is 7.02. The average molecular weight is 613 g/mol. The van der Waals surface area contributed by atoms with Crippen molar-refractivity contribution in [2.75, 3.05) is 32.2 Å². The zero-order chi connectivity index (χ0) is 30.8. The van der Waals surface area contributed by atoms with Crippen LogP contribution in [0.25, 0.3) is 0 Å². The van der Waals surface area contributed by atoms with Gasteiger partial charge in [0, 0.05) is 13.5 Å². The van der Waals surface area contributed by atoms with Gasteiger partial charge in [0.2, 0.25) is 11.1 Å². The van der Waals surface area contributed by atoms with E-state index in [-0.39, 0.29) is 28.5 Å². The molecule has 2 aromatic carbocycles. The van der Waals surface area contributed by atoms with E-state index in [4.69, 9.17) is 30.1 Å². The van der Waals surface area contributed by atoms with E-state index in [1.54, 1.807) is 6.92 Å². The summed E-state index contributed by atoms with van der Waals surface area (Å²) < 4.78 is 32.1. The van der Waals surface area contributed by atoms with Gasteiger partial charge in [-0.1, -0.05) is 51.4 Å². The minimum Gasteiger partial charge on any atom is -0.493 e. The summed E-state index contributed by atoms with van der Waals surface area (Å²) in [5, 5.41) is 2.76. The topological polar surface area (TPSA) is 129 Å². The Morgan fingerprint density at radius 1 is 0.951 bits per heavy atom. The Bertz CT molecular complexity index is 1150. The van der Waals surface area contributed by atoms with Crippen molar-refractivity contribution in [2.24, 2.45) is 11.8 Å². The summed E-state index contributed by atoms with van der Waals surface area (Å²) in [6.07, 6.45) is 2.17. The van der Waals surface area contributed by atoms with Crippen molar-refractivity contribution in [3.8, 4) is 5.75 Å². The first-order valence-corrected chi connectivity index (χ1v) is 14.8. The number of hydroxylamine groups is 1. The number of rotatable bonds is 15. The van der Waals surface area contributed by atoms with E-state index in [0.717, 1.165) is 18.6 Å². The maximum Gasteiger partial charge on any atom is 0.309 e. The zero-order valence-electron chi connectivity index (χ0n) is 24.5. The molecule has 2 rings (SSSR count). The molecule has 0 saturated carbocycles. The zero-order valence-corrected chi connectivity index (χ0v) is 26.1. The van der Waals surface area contributed by atoms with Crippen LogP contribution in [0.2, 0.25) is 5.02 Å². The predicted molar refractivity (Wildman–Crippen MR) is 159 cm³/mol. The van der Waals surface area contributed by atoms with Gasteiger partial charge < -0.3 is 19.5 Å². The quantitative estimate of drug-likeness (QED) is 0.154. The second kappa shape index (κ2) is 20.0. The first kappa shape index (κ1) is 36.0. The van der Waals surface area contributed by atoms with E-state index < -0.39 is 29.6 Å². The van der Waals surface area contributed by atoms with Crippen LogP contribution in [-0.4, -0.2) is 48.9 Å². The maximum absolute atomic E-state index is 11.8. The van der Waals surface area contributed by atoms with Crippen LogP contribution in [0, 0.1) is 18.8 Å². The molecule has 1 amide bonds. The number of nitrogens with one attached hydrogen (secondary N) is 2. The summed E-state index contributed by atoms with van der Waals surface area (Å²) in [6.45, 7) is 10.0. The summed E-state index contributed by atoms with van der Waals surface area (Å²) in [4.78, 5) is 35.0. The lowest BCUT2D eigenvalue weighted by molar-refractivity contribution is -0.151. The number of hydrogen-bond acceptors (Lipinski definition) is 9. The lowest BCUT2D eigenvalue weighted by Gasteiger charge is -2.11. The molecule has 0 aliphatic rings. The van der Waals surface area contributed by atoms with Gasteiger partial charge in [0.25, 0.3) is 5.91 Å². The molecule has 41 heavy (non-hydrogen) atoms. The molecular weight excluding hydrogens is 572 g/mol. The third-order valence-electron chi connectivity index (χ3n) is 5.73. The molecule has 0 aliphatic heterocycles. The molecule has 0 aromatic heterocycles. The highest BCUT2D eigenvalue weighted by molar-refractivity contribution is 7.80. The predicted octanol–water partition coefficient (Wildman–Crippen LogP) is 5.39. The molecule has 0 spiro atoms. The Balaban J connectivity index is 0.000000422. The lowest BCUT2D eigenvalue weighted by Crippen LogP contribution is -2.23. The Hall–Kier alpha value is -2.99. The molecule has 0 heterocycles. The van der Waals surface area contributed by atoms with Gasteiger partial charge in [0.15, 0.2) is 6.61 Å². The molecule has 3 atom stereocenters. The minimum atomic E-state index is -1.74. The fourth-order valence-electron chi connectivity index (χ4n) is 2.90. The molecule has 3 unspecified atom stereocenters. The van der Waals surface area contributed by atoms with E-state index in [1.807, 2.05) is 52.0 Å². The smallest absolute Gasteiger partial charge is 0.309 e. The highest BCUT2D eigenvalue weighted by atomic mass is 35.5. The Morgan fingerprint density at radius 3 is 2.22 bits per heavy atom.